The molecule has 0 bridgehead atoms. The van der Waals surface area contributed by atoms with Crippen LogP contribution in [0.4, 0.5) is 0 Å². The number of carbonyl (C=O) groups is 1. The van der Waals surface area contributed by atoms with Crippen molar-refractivity contribution in [2.45, 2.75) is 19.8 Å². The Bertz CT molecular complexity index is 697. The molecule has 1 saturated heterocycles. The first-order valence-electron chi connectivity index (χ1n) is 7.64. The Hall–Kier alpha value is -2.14. The zero-order chi connectivity index (χ0) is 16.2. The lowest BCUT2D eigenvalue weighted by Crippen LogP contribution is -2.32. The van der Waals surface area contributed by atoms with Crippen molar-refractivity contribution >= 4 is 17.5 Å². The zero-order valence-electron chi connectivity index (χ0n) is 13.0. The van der Waals surface area contributed by atoms with Crippen molar-refractivity contribution in [1.82, 2.24) is 14.9 Å². The molecule has 0 atom stereocenters. The van der Waals surface area contributed by atoms with E-state index in [1.165, 1.54) is 0 Å². The highest BCUT2D eigenvalue weighted by Crippen LogP contribution is 2.21. The number of aromatic nitrogens is 2. The van der Waals surface area contributed by atoms with Crippen molar-refractivity contribution in [3.05, 3.63) is 41.0 Å². The highest BCUT2D eigenvalue weighted by Gasteiger charge is 2.18. The van der Waals surface area contributed by atoms with Crippen LogP contribution in [0.2, 0.25) is 5.02 Å². The van der Waals surface area contributed by atoms with Gasteiger partial charge in [-0.15, -0.1) is 0 Å². The maximum absolute atomic E-state index is 12.0. The van der Waals surface area contributed by atoms with Gasteiger partial charge in [0.15, 0.2) is 12.4 Å². The number of hydrogen-bond acceptors (Lipinski definition) is 4. The lowest BCUT2D eigenvalue weighted by atomic mass is 10.2. The van der Waals surface area contributed by atoms with Crippen molar-refractivity contribution in [3.63, 3.8) is 0 Å². The SMILES string of the molecule is Cc1cc(OCC(=O)N2CCCC2)nc(-c2ccc(Cl)cc2)n1. The molecule has 0 N–H and O–H groups in total. The van der Waals surface area contributed by atoms with Gasteiger partial charge >= 0.3 is 0 Å². The van der Waals surface area contributed by atoms with Crippen LogP contribution in [0.1, 0.15) is 18.5 Å². The van der Waals surface area contributed by atoms with E-state index >= 15 is 0 Å². The van der Waals surface area contributed by atoms with Gasteiger partial charge in [0.1, 0.15) is 0 Å². The number of likely N-dealkylation sites (tertiary alicyclic amines) is 1. The molecule has 1 aliphatic heterocycles. The van der Waals surface area contributed by atoms with Crippen LogP contribution < -0.4 is 4.74 Å². The number of carbonyl (C=O) groups excluding carboxylic acids is 1. The Morgan fingerprint density at radius 1 is 1.22 bits per heavy atom. The molecule has 1 aromatic heterocycles. The van der Waals surface area contributed by atoms with Crippen molar-refractivity contribution in [2.24, 2.45) is 0 Å². The normalized spacial score (nSPS) is 14.1. The average Bonchev–Trinajstić information content (AvgIpc) is 3.07. The van der Waals surface area contributed by atoms with Gasteiger partial charge in [-0.05, 0) is 44.0 Å². The maximum atomic E-state index is 12.0. The van der Waals surface area contributed by atoms with E-state index in [0.29, 0.717) is 16.7 Å². The van der Waals surface area contributed by atoms with Gasteiger partial charge in [0.25, 0.3) is 5.91 Å². The molecule has 0 radical (unpaired) electrons. The van der Waals surface area contributed by atoms with E-state index in [2.05, 4.69) is 9.97 Å². The number of hydrogen-bond donors (Lipinski definition) is 0. The Morgan fingerprint density at radius 2 is 1.91 bits per heavy atom. The largest absolute Gasteiger partial charge is 0.467 e. The molecule has 2 heterocycles. The first kappa shape index (κ1) is 15.7. The van der Waals surface area contributed by atoms with Crippen molar-refractivity contribution in [3.8, 4) is 17.3 Å². The number of ether oxygens (including phenoxy) is 1. The molecule has 0 spiro atoms. The molecule has 6 heteroatoms. The Balaban J connectivity index is 1.72. The predicted octanol–water partition coefficient (Wildman–Crippen LogP) is 3.11. The van der Waals surface area contributed by atoms with E-state index in [-0.39, 0.29) is 12.5 Å². The third-order valence-corrected chi connectivity index (χ3v) is 3.99. The standard InChI is InChI=1S/C17H18ClN3O2/c1-12-10-15(23-11-16(22)21-8-2-3-9-21)20-17(19-12)13-4-6-14(18)7-5-13/h4-7,10H,2-3,8-9,11H2,1H3. The van der Waals surface area contributed by atoms with Gasteiger partial charge in [-0.3, -0.25) is 4.79 Å². The van der Waals surface area contributed by atoms with E-state index in [1.807, 2.05) is 24.0 Å². The minimum absolute atomic E-state index is 0.00630. The Morgan fingerprint density at radius 3 is 2.61 bits per heavy atom. The first-order valence-corrected chi connectivity index (χ1v) is 8.02. The van der Waals surface area contributed by atoms with Crippen LogP contribution in [0.5, 0.6) is 5.88 Å². The number of rotatable bonds is 4. The lowest BCUT2D eigenvalue weighted by molar-refractivity contribution is -0.132. The number of nitrogens with zero attached hydrogens (tertiary/aromatic N) is 3. The summed E-state index contributed by atoms with van der Waals surface area (Å²) in [4.78, 5) is 22.7. The Kier molecular flexibility index (Phi) is 4.76. The van der Waals surface area contributed by atoms with Crippen molar-refractivity contribution < 1.29 is 9.53 Å². The van der Waals surface area contributed by atoms with Gasteiger partial charge in [0.05, 0.1) is 0 Å². The molecule has 0 saturated carbocycles. The van der Waals surface area contributed by atoms with E-state index in [1.54, 1.807) is 18.2 Å². The summed E-state index contributed by atoms with van der Waals surface area (Å²) in [7, 11) is 0. The van der Waals surface area contributed by atoms with Crippen LogP contribution in [-0.2, 0) is 4.79 Å². The average molecular weight is 332 g/mol. The second-order valence-corrected chi connectivity index (χ2v) is 5.99. The van der Waals surface area contributed by atoms with Crippen LogP contribution in [0.25, 0.3) is 11.4 Å². The number of amides is 1. The van der Waals surface area contributed by atoms with Crippen LogP contribution >= 0.6 is 11.6 Å². The number of aryl methyl sites for hydroxylation is 1. The van der Waals surface area contributed by atoms with Crippen LogP contribution in [0, 0.1) is 6.92 Å². The summed E-state index contributed by atoms with van der Waals surface area (Å²) in [6.07, 6.45) is 2.14. The second-order valence-electron chi connectivity index (χ2n) is 5.55. The summed E-state index contributed by atoms with van der Waals surface area (Å²) >= 11 is 5.90. The minimum atomic E-state index is 0.00630. The maximum Gasteiger partial charge on any atom is 0.260 e. The summed E-state index contributed by atoms with van der Waals surface area (Å²) in [6.45, 7) is 3.52. The molecule has 5 nitrogen and oxygen atoms in total. The molecule has 23 heavy (non-hydrogen) atoms. The molecule has 1 amide bonds. The number of halogens is 1. The summed E-state index contributed by atoms with van der Waals surface area (Å²) in [5.41, 5.74) is 1.64. The summed E-state index contributed by atoms with van der Waals surface area (Å²) < 4.78 is 5.58. The van der Waals surface area contributed by atoms with Gasteiger partial charge in [-0.2, -0.15) is 4.98 Å². The monoisotopic (exact) mass is 331 g/mol. The molecule has 1 fully saturated rings. The van der Waals surface area contributed by atoms with Crippen LogP contribution in [0.3, 0.4) is 0 Å². The third kappa shape index (κ3) is 3.99. The lowest BCUT2D eigenvalue weighted by Gasteiger charge is -2.15. The van der Waals surface area contributed by atoms with Gasteiger partial charge in [0.2, 0.25) is 5.88 Å². The molecule has 1 aromatic carbocycles. The summed E-state index contributed by atoms with van der Waals surface area (Å²) in [5.74, 6) is 0.979. The van der Waals surface area contributed by atoms with E-state index in [0.717, 1.165) is 37.2 Å². The van der Waals surface area contributed by atoms with Crippen molar-refractivity contribution in [2.75, 3.05) is 19.7 Å². The quantitative estimate of drug-likeness (QED) is 0.863. The minimum Gasteiger partial charge on any atom is -0.467 e. The van der Waals surface area contributed by atoms with Crippen molar-refractivity contribution in [1.29, 1.82) is 0 Å². The van der Waals surface area contributed by atoms with E-state index in [9.17, 15) is 4.79 Å². The fourth-order valence-corrected chi connectivity index (χ4v) is 2.66. The van der Waals surface area contributed by atoms with Crippen LogP contribution in [-0.4, -0.2) is 40.5 Å². The van der Waals surface area contributed by atoms with Gasteiger partial charge in [0, 0.05) is 35.4 Å². The van der Waals surface area contributed by atoms with Gasteiger partial charge < -0.3 is 9.64 Å². The Labute approximate surface area is 140 Å². The van der Waals surface area contributed by atoms with Gasteiger partial charge in [-0.1, -0.05) is 11.6 Å². The molecule has 0 aliphatic carbocycles. The third-order valence-electron chi connectivity index (χ3n) is 3.74. The molecule has 0 unspecified atom stereocenters. The summed E-state index contributed by atoms with van der Waals surface area (Å²) in [5, 5.41) is 0.661. The zero-order valence-corrected chi connectivity index (χ0v) is 13.7. The molecule has 1 aliphatic rings. The molecule has 3 rings (SSSR count). The fraction of sp³-hybridized carbons (Fsp3) is 0.353. The molecule has 120 valence electrons. The molecular weight excluding hydrogens is 314 g/mol. The summed E-state index contributed by atoms with van der Waals surface area (Å²) in [6, 6.07) is 9.03. The predicted molar refractivity (Wildman–Crippen MR) is 88.5 cm³/mol. The van der Waals surface area contributed by atoms with Gasteiger partial charge in [-0.25, -0.2) is 4.98 Å². The smallest absolute Gasteiger partial charge is 0.260 e. The van der Waals surface area contributed by atoms with E-state index in [4.69, 9.17) is 16.3 Å². The molecule has 2 aromatic rings. The molecular formula is C17H18ClN3O2. The first-order chi connectivity index (χ1) is 11.1. The fourth-order valence-electron chi connectivity index (χ4n) is 2.54. The highest BCUT2D eigenvalue weighted by molar-refractivity contribution is 6.30. The second kappa shape index (κ2) is 6.96. The van der Waals surface area contributed by atoms with Crippen LogP contribution in [0.15, 0.2) is 30.3 Å². The van der Waals surface area contributed by atoms with E-state index < -0.39 is 0 Å². The number of benzene rings is 1. The topological polar surface area (TPSA) is 55.3 Å². The highest BCUT2D eigenvalue weighted by atomic mass is 35.5.